The van der Waals surface area contributed by atoms with Gasteiger partial charge in [-0.1, -0.05) is 6.07 Å². The molecule has 9 heteroatoms. The van der Waals surface area contributed by atoms with Crippen LogP contribution in [0.15, 0.2) is 30.6 Å². The van der Waals surface area contributed by atoms with Gasteiger partial charge in [0, 0.05) is 43.7 Å². The van der Waals surface area contributed by atoms with Crippen LogP contribution in [0.5, 0.6) is 0 Å². The number of piperidine rings is 1. The topological polar surface area (TPSA) is 116 Å². The SMILES string of the molecule is Cn1ccnc1C(O)C1CCN(C(=O)c2ccc(B(O)O)c(C=O)c2)CC1. The predicted molar refractivity (Wildman–Crippen MR) is 98.5 cm³/mol. The Labute approximate surface area is 157 Å². The molecule has 1 aromatic heterocycles. The second-order valence-electron chi connectivity index (χ2n) is 6.81. The van der Waals surface area contributed by atoms with Crippen LogP contribution in [0.2, 0.25) is 0 Å². The van der Waals surface area contributed by atoms with E-state index in [4.69, 9.17) is 0 Å². The summed E-state index contributed by atoms with van der Waals surface area (Å²) in [7, 11) is 0.0691. The first-order valence-electron chi connectivity index (χ1n) is 8.82. The van der Waals surface area contributed by atoms with Gasteiger partial charge in [-0.25, -0.2) is 4.98 Å². The lowest BCUT2D eigenvalue weighted by Gasteiger charge is -2.34. The third kappa shape index (κ3) is 3.95. The number of aromatic nitrogens is 2. The Bertz CT molecular complexity index is 830. The van der Waals surface area contributed by atoms with E-state index in [1.165, 1.54) is 18.2 Å². The van der Waals surface area contributed by atoms with Gasteiger partial charge in [-0.3, -0.25) is 9.59 Å². The highest BCUT2D eigenvalue weighted by Crippen LogP contribution is 2.30. The van der Waals surface area contributed by atoms with Gasteiger partial charge in [0.25, 0.3) is 5.91 Å². The summed E-state index contributed by atoms with van der Waals surface area (Å²) < 4.78 is 1.79. The molecule has 0 aliphatic carbocycles. The number of amides is 1. The average Bonchev–Trinajstić information content (AvgIpc) is 3.12. The summed E-state index contributed by atoms with van der Waals surface area (Å²) >= 11 is 0. The molecule has 142 valence electrons. The molecular formula is C18H22BN3O5. The molecule has 8 nitrogen and oxygen atoms in total. The molecule has 0 saturated carbocycles. The molecule has 1 aromatic carbocycles. The van der Waals surface area contributed by atoms with E-state index >= 15 is 0 Å². The molecule has 1 fully saturated rings. The number of likely N-dealkylation sites (tertiary alicyclic amines) is 1. The van der Waals surface area contributed by atoms with E-state index in [1.807, 2.05) is 7.05 Å². The summed E-state index contributed by atoms with van der Waals surface area (Å²) in [6, 6.07) is 4.23. The van der Waals surface area contributed by atoms with Crippen LogP contribution in [0.4, 0.5) is 0 Å². The average molecular weight is 371 g/mol. The molecule has 2 heterocycles. The Morgan fingerprint density at radius 3 is 2.59 bits per heavy atom. The van der Waals surface area contributed by atoms with Crippen molar-refractivity contribution < 1.29 is 24.7 Å². The fourth-order valence-electron chi connectivity index (χ4n) is 3.52. The Morgan fingerprint density at radius 1 is 1.33 bits per heavy atom. The van der Waals surface area contributed by atoms with Crippen molar-refractivity contribution in [1.29, 1.82) is 0 Å². The number of aryl methyl sites for hydroxylation is 1. The summed E-state index contributed by atoms with van der Waals surface area (Å²) in [5.41, 5.74) is 0.471. The summed E-state index contributed by atoms with van der Waals surface area (Å²) in [5.74, 6) is 0.420. The zero-order chi connectivity index (χ0) is 19.6. The van der Waals surface area contributed by atoms with Gasteiger partial charge >= 0.3 is 7.12 Å². The van der Waals surface area contributed by atoms with Crippen molar-refractivity contribution in [3.8, 4) is 0 Å². The quantitative estimate of drug-likeness (QED) is 0.482. The molecule has 1 aliphatic rings. The maximum Gasteiger partial charge on any atom is 0.489 e. The van der Waals surface area contributed by atoms with Gasteiger partial charge in [0.15, 0.2) is 0 Å². The van der Waals surface area contributed by atoms with Gasteiger partial charge in [-0.15, -0.1) is 0 Å². The van der Waals surface area contributed by atoms with Crippen LogP contribution in [-0.2, 0) is 7.05 Å². The standard InChI is InChI=1S/C18H22BN3O5/c1-21-9-6-20-17(21)16(24)12-4-7-22(8-5-12)18(25)13-2-3-15(19(26)27)14(10-13)11-23/h2-3,6,9-12,16,24,26-27H,4-5,7-8H2,1H3. The lowest BCUT2D eigenvalue weighted by molar-refractivity contribution is 0.0420. The monoisotopic (exact) mass is 371 g/mol. The third-order valence-corrected chi connectivity index (χ3v) is 5.14. The smallest absolute Gasteiger partial charge is 0.423 e. The number of aliphatic hydroxyl groups excluding tert-OH is 1. The van der Waals surface area contributed by atoms with Crippen molar-refractivity contribution in [1.82, 2.24) is 14.5 Å². The highest BCUT2D eigenvalue weighted by molar-refractivity contribution is 6.60. The van der Waals surface area contributed by atoms with Crippen molar-refractivity contribution in [2.75, 3.05) is 13.1 Å². The minimum atomic E-state index is -1.77. The molecule has 1 amide bonds. The zero-order valence-corrected chi connectivity index (χ0v) is 15.0. The van der Waals surface area contributed by atoms with E-state index in [0.29, 0.717) is 43.6 Å². The molecule has 1 unspecified atom stereocenters. The number of rotatable bonds is 5. The number of aliphatic hydroxyl groups is 1. The minimum Gasteiger partial charge on any atom is -0.423 e. The van der Waals surface area contributed by atoms with E-state index in [2.05, 4.69) is 4.98 Å². The first kappa shape index (κ1) is 19.3. The number of benzene rings is 1. The number of hydrogen-bond acceptors (Lipinski definition) is 6. The molecule has 0 spiro atoms. The molecule has 0 bridgehead atoms. The molecule has 3 rings (SSSR count). The molecular weight excluding hydrogens is 349 g/mol. The summed E-state index contributed by atoms with van der Waals surface area (Å²) in [6.45, 7) is 0.984. The Hall–Kier alpha value is -2.49. The number of nitrogens with zero attached hydrogens (tertiary/aromatic N) is 3. The maximum absolute atomic E-state index is 12.7. The molecule has 0 radical (unpaired) electrons. The number of carbonyl (C=O) groups excluding carboxylic acids is 2. The number of imidazole rings is 1. The lowest BCUT2D eigenvalue weighted by Crippen LogP contribution is -2.40. The van der Waals surface area contributed by atoms with Crippen LogP contribution < -0.4 is 5.46 Å². The van der Waals surface area contributed by atoms with E-state index < -0.39 is 13.2 Å². The van der Waals surface area contributed by atoms with Gasteiger partial charge < -0.3 is 24.6 Å². The van der Waals surface area contributed by atoms with Crippen molar-refractivity contribution in [3.05, 3.63) is 47.5 Å². The first-order valence-corrected chi connectivity index (χ1v) is 8.82. The van der Waals surface area contributed by atoms with Crippen LogP contribution in [0.1, 0.15) is 45.5 Å². The highest BCUT2D eigenvalue weighted by Gasteiger charge is 2.30. The van der Waals surface area contributed by atoms with Crippen LogP contribution in [0.3, 0.4) is 0 Å². The van der Waals surface area contributed by atoms with Crippen molar-refractivity contribution in [2.45, 2.75) is 18.9 Å². The summed E-state index contributed by atoms with van der Waals surface area (Å²) in [5, 5.41) is 29.1. The molecule has 27 heavy (non-hydrogen) atoms. The summed E-state index contributed by atoms with van der Waals surface area (Å²) in [4.78, 5) is 29.7. The number of aldehydes is 1. The van der Waals surface area contributed by atoms with E-state index in [1.54, 1.807) is 21.9 Å². The second-order valence-corrected chi connectivity index (χ2v) is 6.81. The second kappa shape index (κ2) is 8.04. The van der Waals surface area contributed by atoms with Gasteiger partial charge in [-0.05, 0) is 36.4 Å². The Kier molecular flexibility index (Phi) is 5.74. The predicted octanol–water partition coefficient (Wildman–Crippen LogP) is -0.502. The molecule has 2 aromatic rings. The molecule has 1 saturated heterocycles. The largest absolute Gasteiger partial charge is 0.489 e. The number of hydrogen-bond donors (Lipinski definition) is 3. The first-order chi connectivity index (χ1) is 12.9. The van der Waals surface area contributed by atoms with Crippen LogP contribution in [-0.4, -0.2) is 62.0 Å². The van der Waals surface area contributed by atoms with Crippen LogP contribution in [0, 0.1) is 5.92 Å². The van der Waals surface area contributed by atoms with Gasteiger partial charge in [-0.2, -0.15) is 0 Å². The van der Waals surface area contributed by atoms with Crippen LogP contribution >= 0.6 is 0 Å². The highest BCUT2D eigenvalue weighted by atomic mass is 16.4. The van der Waals surface area contributed by atoms with E-state index in [9.17, 15) is 24.7 Å². The third-order valence-electron chi connectivity index (χ3n) is 5.14. The molecule has 1 atom stereocenters. The van der Waals surface area contributed by atoms with Crippen LogP contribution in [0.25, 0.3) is 0 Å². The Balaban J connectivity index is 1.66. The van der Waals surface area contributed by atoms with Crippen molar-refractivity contribution in [3.63, 3.8) is 0 Å². The lowest BCUT2D eigenvalue weighted by atomic mass is 9.76. The minimum absolute atomic E-state index is 0.0209. The van der Waals surface area contributed by atoms with Gasteiger partial charge in [0.2, 0.25) is 0 Å². The molecule has 1 aliphatic heterocycles. The van der Waals surface area contributed by atoms with E-state index in [-0.39, 0.29) is 22.9 Å². The molecule has 3 N–H and O–H groups in total. The number of carbonyl (C=O) groups is 2. The Morgan fingerprint density at radius 2 is 2.04 bits per heavy atom. The van der Waals surface area contributed by atoms with Gasteiger partial charge in [0.1, 0.15) is 18.2 Å². The normalized spacial score (nSPS) is 16.2. The van der Waals surface area contributed by atoms with E-state index in [0.717, 1.165) is 0 Å². The van der Waals surface area contributed by atoms with Gasteiger partial charge in [0.05, 0.1) is 0 Å². The zero-order valence-electron chi connectivity index (χ0n) is 15.0. The van der Waals surface area contributed by atoms with Crippen molar-refractivity contribution in [2.24, 2.45) is 13.0 Å². The fraction of sp³-hybridized carbons (Fsp3) is 0.389. The fourth-order valence-corrected chi connectivity index (χ4v) is 3.52. The summed E-state index contributed by atoms with van der Waals surface area (Å²) in [6.07, 6.45) is 4.56. The maximum atomic E-state index is 12.7. The van der Waals surface area contributed by atoms with Crippen molar-refractivity contribution >= 4 is 24.8 Å².